The molecule has 0 unspecified atom stereocenters. The molecular weight excluding hydrogens is 315 g/mol. The second kappa shape index (κ2) is 8.13. The minimum atomic E-state index is -0.284. The number of nitrogens with zero attached hydrogens (tertiary/aromatic N) is 2. The van der Waals surface area contributed by atoms with Crippen LogP contribution >= 0.6 is 0 Å². The van der Waals surface area contributed by atoms with Crippen LogP contribution in [0, 0.1) is 23.1 Å². The van der Waals surface area contributed by atoms with E-state index in [-0.39, 0.29) is 5.82 Å². The van der Waals surface area contributed by atoms with Gasteiger partial charge < -0.3 is 5.11 Å². The zero-order valence-electron chi connectivity index (χ0n) is 14.3. The van der Waals surface area contributed by atoms with E-state index in [9.17, 15) is 9.50 Å². The van der Waals surface area contributed by atoms with E-state index in [4.69, 9.17) is 5.26 Å². The summed E-state index contributed by atoms with van der Waals surface area (Å²) in [6.45, 7) is 2.58. The minimum Gasteiger partial charge on any atom is -0.508 e. The predicted octanol–water partition coefficient (Wildman–Crippen LogP) is 4.25. The fraction of sp³-hybridized carbons (Fsp3) is 0.381. The third-order valence-electron chi connectivity index (χ3n) is 5.06. The first-order valence-corrected chi connectivity index (χ1v) is 8.83. The quantitative estimate of drug-likeness (QED) is 0.887. The summed E-state index contributed by atoms with van der Waals surface area (Å²) < 4.78 is 14.0. The van der Waals surface area contributed by atoms with E-state index in [2.05, 4.69) is 4.90 Å². The van der Waals surface area contributed by atoms with E-state index in [1.165, 1.54) is 11.6 Å². The number of aromatic hydroxyl groups is 1. The number of rotatable bonds is 5. The van der Waals surface area contributed by atoms with E-state index in [1.807, 2.05) is 18.2 Å². The Kier molecular flexibility index (Phi) is 5.67. The standard InChI is InChI=1S/C21H23FN2O/c22-21-13-18(14-23)3-6-19(21)15-24-11-9-17(10-12-24)2-1-16-4-7-20(25)8-5-16/h3-8,13,17,25H,1-2,9-12,15H2. The number of halogens is 1. The van der Waals surface area contributed by atoms with E-state index in [1.54, 1.807) is 24.3 Å². The second-order valence-corrected chi connectivity index (χ2v) is 6.84. The molecule has 0 spiro atoms. The van der Waals surface area contributed by atoms with Gasteiger partial charge in [0.15, 0.2) is 0 Å². The number of hydrogen-bond acceptors (Lipinski definition) is 3. The summed E-state index contributed by atoms with van der Waals surface area (Å²) in [4.78, 5) is 2.29. The van der Waals surface area contributed by atoms with Crippen molar-refractivity contribution >= 4 is 0 Å². The van der Waals surface area contributed by atoms with Crippen molar-refractivity contribution in [3.05, 3.63) is 65.0 Å². The highest BCUT2D eigenvalue weighted by Crippen LogP contribution is 2.24. The molecule has 0 aliphatic carbocycles. The minimum absolute atomic E-state index is 0.284. The van der Waals surface area contributed by atoms with Crippen LogP contribution in [0.3, 0.4) is 0 Å². The fourth-order valence-electron chi connectivity index (χ4n) is 3.45. The lowest BCUT2D eigenvalue weighted by Gasteiger charge is -2.32. The molecule has 0 aromatic heterocycles. The van der Waals surface area contributed by atoms with Gasteiger partial charge in [-0.25, -0.2) is 4.39 Å². The van der Waals surface area contributed by atoms with Crippen LogP contribution in [0.1, 0.15) is 36.0 Å². The Balaban J connectivity index is 1.45. The van der Waals surface area contributed by atoms with Gasteiger partial charge in [0.25, 0.3) is 0 Å². The normalized spacial score (nSPS) is 15.8. The number of hydrogen-bond donors (Lipinski definition) is 1. The van der Waals surface area contributed by atoms with Crippen molar-refractivity contribution in [2.24, 2.45) is 5.92 Å². The Hall–Kier alpha value is -2.38. The van der Waals surface area contributed by atoms with Gasteiger partial charge in [-0.15, -0.1) is 0 Å². The molecule has 2 aromatic rings. The largest absolute Gasteiger partial charge is 0.508 e. The van der Waals surface area contributed by atoms with E-state index in [0.29, 0.717) is 29.3 Å². The highest BCUT2D eigenvalue weighted by atomic mass is 19.1. The maximum absolute atomic E-state index is 14.0. The van der Waals surface area contributed by atoms with E-state index >= 15 is 0 Å². The number of nitriles is 1. The Morgan fingerprint density at radius 2 is 1.84 bits per heavy atom. The molecule has 25 heavy (non-hydrogen) atoms. The first-order valence-electron chi connectivity index (χ1n) is 8.83. The van der Waals surface area contributed by atoms with Crippen LogP contribution in [0.15, 0.2) is 42.5 Å². The maximum Gasteiger partial charge on any atom is 0.129 e. The Morgan fingerprint density at radius 1 is 1.12 bits per heavy atom. The molecule has 1 aliphatic heterocycles. The molecule has 1 heterocycles. The van der Waals surface area contributed by atoms with Gasteiger partial charge in [0.05, 0.1) is 11.6 Å². The summed E-state index contributed by atoms with van der Waals surface area (Å²) >= 11 is 0. The molecule has 1 aliphatic rings. The van der Waals surface area contributed by atoms with Crippen LogP contribution in [-0.2, 0) is 13.0 Å². The third-order valence-corrected chi connectivity index (χ3v) is 5.06. The summed E-state index contributed by atoms with van der Waals surface area (Å²) in [6.07, 6.45) is 4.46. The highest BCUT2D eigenvalue weighted by molar-refractivity contribution is 5.32. The molecule has 3 rings (SSSR count). The van der Waals surface area contributed by atoms with Crippen LogP contribution in [0.2, 0.25) is 0 Å². The van der Waals surface area contributed by atoms with Crippen molar-refractivity contribution in [3.8, 4) is 11.8 Å². The average Bonchev–Trinajstić information content (AvgIpc) is 2.64. The van der Waals surface area contributed by atoms with Crippen LogP contribution in [0.25, 0.3) is 0 Å². The van der Waals surface area contributed by atoms with Gasteiger partial charge in [-0.3, -0.25) is 4.90 Å². The van der Waals surface area contributed by atoms with Crippen molar-refractivity contribution < 1.29 is 9.50 Å². The Morgan fingerprint density at radius 3 is 2.48 bits per heavy atom. The lowest BCUT2D eigenvalue weighted by molar-refractivity contribution is 0.171. The predicted molar refractivity (Wildman–Crippen MR) is 95.5 cm³/mol. The lowest BCUT2D eigenvalue weighted by atomic mass is 9.90. The topological polar surface area (TPSA) is 47.3 Å². The van der Waals surface area contributed by atoms with Crippen LogP contribution in [0.5, 0.6) is 5.75 Å². The average molecular weight is 338 g/mol. The van der Waals surface area contributed by atoms with Crippen molar-refractivity contribution in [1.82, 2.24) is 4.90 Å². The van der Waals surface area contributed by atoms with Crippen molar-refractivity contribution in [3.63, 3.8) is 0 Å². The summed E-state index contributed by atoms with van der Waals surface area (Å²) in [7, 11) is 0. The summed E-state index contributed by atoms with van der Waals surface area (Å²) in [6, 6.07) is 14.1. The zero-order valence-corrected chi connectivity index (χ0v) is 14.3. The number of benzene rings is 2. The molecule has 0 amide bonds. The number of piperidine rings is 1. The molecule has 1 saturated heterocycles. The molecular formula is C21H23FN2O. The molecule has 2 aromatic carbocycles. The molecule has 1 fully saturated rings. The van der Waals surface area contributed by atoms with Crippen LogP contribution in [-0.4, -0.2) is 23.1 Å². The van der Waals surface area contributed by atoms with E-state index < -0.39 is 0 Å². The van der Waals surface area contributed by atoms with Crippen molar-refractivity contribution in [2.45, 2.75) is 32.2 Å². The maximum atomic E-state index is 14.0. The molecule has 130 valence electrons. The highest BCUT2D eigenvalue weighted by Gasteiger charge is 2.20. The van der Waals surface area contributed by atoms with Gasteiger partial charge in [-0.2, -0.15) is 5.26 Å². The van der Waals surface area contributed by atoms with E-state index in [0.717, 1.165) is 38.8 Å². The van der Waals surface area contributed by atoms with Crippen LogP contribution in [0.4, 0.5) is 4.39 Å². The first-order chi connectivity index (χ1) is 12.1. The smallest absolute Gasteiger partial charge is 0.129 e. The number of phenols is 1. The van der Waals surface area contributed by atoms with Gasteiger partial charge >= 0.3 is 0 Å². The molecule has 3 nitrogen and oxygen atoms in total. The van der Waals surface area contributed by atoms with Crippen molar-refractivity contribution in [2.75, 3.05) is 13.1 Å². The third kappa shape index (κ3) is 4.80. The molecule has 0 bridgehead atoms. The number of likely N-dealkylation sites (tertiary alicyclic amines) is 1. The second-order valence-electron chi connectivity index (χ2n) is 6.84. The summed E-state index contributed by atoms with van der Waals surface area (Å²) in [5.41, 5.74) is 2.30. The lowest BCUT2D eigenvalue weighted by Crippen LogP contribution is -2.33. The van der Waals surface area contributed by atoms with Gasteiger partial charge in [-0.1, -0.05) is 18.2 Å². The van der Waals surface area contributed by atoms with Crippen molar-refractivity contribution in [1.29, 1.82) is 5.26 Å². The zero-order chi connectivity index (χ0) is 17.6. The Bertz CT molecular complexity index is 743. The van der Waals surface area contributed by atoms with Crippen LogP contribution < -0.4 is 0 Å². The first kappa shape index (κ1) is 17.4. The molecule has 0 atom stereocenters. The summed E-state index contributed by atoms with van der Waals surface area (Å²) in [5, 5.41) is 18.1. The van der Waals surface area contributed by atoms with Gasteiger partial charge in [0.2, 0.25) is 0 Å². The fourth-order valence-corrected chi connectivity index (χ4v) is 3.45. The SMILES string of the molecule is N#Cc1ccc(CN2CCC(CCc3ccc(O)cc3)CC2)c(F)c1. The molecule has 0 saturated carbocycles. The van der Waals surface area contributed by atoms with Gasteiger partial charge in [-0.05, 0) is 74.5 Å². The monoisotopic (exact) mass is 338 g/mol. The number of aryl methyl sites for hydroxylation is 1. The number of phenolic OH excluding ortho intramolecular Hbond substituents is 1. The molecule has 0 radical (unpaired) electrons. The van der Waals surface area contributed by atoms with Gasteiger partial charge in [0.1, 0.15) is 11.6 Å². The summed E-state index contributed by atoms with van der Waals surface area (Å²) in [5.74, 6) is 0.733. The molecule has 4 heteroatoms. The van der Waals surface area contributed by atoms with Gasteiger partial charge in [0, 0.05) is 12.1 Å². The molecule has 1 N–H and O–H groups in total. The Labute approximate surface area is 148 Å².